The van der Waals surface area contributed by atoms with Crippen molar-refractivity contribution in [3.8, 4) is 0 Å². The molecule has 0 radical (unpaired) electrons. The number of H-pyrrole nitrogens is 1. The molecular weight excluding hydrogens is 368 g/mol. The standard InChI is InChI=1S/C17H12Cl2FN3O2/c1-23-5-4-10(22-23)7-14(24)13-6-9(8-21-13)17(25)15-11(18)2-3-12(19)16(15)20/h2-6,8,21H,7H2,1H3. The third kappa shape index (κ3) is 3.50. The van der Waals surface area contributed by atoms with Gasteiger partial charge in [-0.2, -0.15) is 5.10 Å². The van der Waals surface area contributed by atoms with Gasteiger partial charge in [-0.1, -0.05) is 23.2 Å². The maximum absolute atomic E-state index is 14.1. The molecule has 128 valence electrons. The number of nitrogens with one attached hydrogen (secondary N) is 1. The van der Waals surface area contributed by atoms with E-state index in [0.29, 0.717) is 5.69 Å². The Hall–Kier alpha value is -2.44. The van der Waals surface area contributed by atoms with Crippen molar-refractivity contribution in [3.63, 3.8) is 0 Å². The highest BCUT2D eigenvalue weighted by atomic mass is 35.5. The monoisotopic (exact) mass is 379 g/mol. The highest BCUT2D eigenvalue weighted by molar-refractivity contribution is 6.37. The van der Waals surface area contributed by atoms with E-state index in [4.69, 9.17) is 23.2 Å². The first-order chi connectivity index (χ1) is 11.9. The molecule has 0 saturated heterocycles. The molecule has 1 N–H and O–H groups in total. The molecule has 0 aliphatic carbocycles. The molecule has 0 aliphatic heterocycles. The minimum Gasteiger partial charge on any atom is -0.358 e. The molecule has 0 fully saturated rings. The number of hydrogen-bond acceptors (Lipinski definition) is 3. The summed E-state index contributed by atoms with van der Waals surface area (Å²) in [6, 6.07) is 5.72. The van der Waals surface area contributed by atoms with E-state index in [1.165, 1.54) is 24.4 Å². The van der Waals surface area contributed by atoms with Gasteiger partial charge in [0.05, 0.1) is 33.4 Å². The van der Waals surface area contributed by atoms with Crippen molar-refractivity contribution >= 4 is 34.8 Å². The Morgan fingerprint density at radius 1 is 1.24 bits per heavy atom. The van der Waals surface area contributed by atoms with Crippen LogP contribution in [-0.4, -0.2) is 26.3 Å². The van der Waals surface area contributed by atoms with Gasteiger partial charge in [0.2, 0.25) is 0 Å². The largest absolute Gasteiger partial charge is 0.358 e. The van der Waals surface area contributed by atoms with Crippen LogP contribution >= 0.6 is 23.2 Å². The second-order valence-electron chi connectivity index (χ2n) is 5.43. The molecular formula is C17H12Cl2FN3O2. The van der Waals surface area contributed by atoms with Crippen LogP contribution in [0.3, 0.4) is 0 Å². The van der Waals surface area contributed by atoms with Crippen molar-refractivity contribution in [1.82, 2.24) is 14.8 Å². The van der Waals surface area contributed by atoms with E-state index in [-0.39, 0.29) is 39.1 Å². The van der Waals surface area contributed by atoms with Crippen LogP contribution in [0.1, 0.15) is 32.1 Å². The van der Waals surface area contributed by atoms with Gasteiger partial charge in [0, 0.05) is 25.0 Å². The third-order valence-electron chi connectivity index (χ3n) is 3.63. The van der Waals surface area contributed by atoms with E-state index in [0.717, 1.165) is 0 Å². The molecule has 0 amide bonds. The topological polar surface area (TPSA) is 67.8 Å². The van der Waals surface area contributed by atoms with Crippen molar-refractivity contribution in [2.24, 2.45) is 7.05 Å². The van der Waals surface area contributed by atoms with Gasteiger partial charge in [-0.05, 0) is 24.3 Å². The molecule has 0 atom stereocenters. The zero-order valence-electron chi connectivity index (χ0n) is 13.0. The fourth-order valence-electron chi connectivity index (χ4n) is 2.38. The molecule has 0 aliphatic rings. The van der Waals surface area contributed by atoms with Crippen LogP contribution in [0.4, 0.5) is 4.39 Å². The highest BCUT2D eigenvalue weighted by Crippen LogP contribution is 2.28. The normalized spacial score (nSPS) is 10.9. The SMILES string of the molecule is Cn1ccc(CC(=O)c2cc(C(=O)c3c(Cl)ccc(Cl)c3F)c[nH]2)n1. The molecule has 0 bridgehead atoms. The highest BCUT2D eigenvalue weighted by Gasteiger charge is 2.22. The van der Waals surface area contributed by atoms with Gasteiger partial charge in [0.25, 0.3) is 0 Å². The lowest BCUT2D eigenvalue weighted by Gasteiger charge is -2.05. The summed E-state index contributed by atoms with van der Waals surface area (Å²) >= 11 is 11.6. The fraction of sp³-hybridized carbons (Fsp3) is 0.118. The molecule has 5 nitrogen and oxygen atoms in total. The second kappa shape index (κ2) is 6.82. The Morgan fingerprint density at radius 3 is 2.64 bits per heavy atom. The maximum atomic E-state index is 14.1. The van der Waals surface area contributed by atoms with Crippen molar-refractivity contribution < 1.29 is 14.0 Å². The smallest absolute Gasteiger partial charge is 0.199 e. The molecule has 1 aromatic carbocycles. The number of carbonyl (C=O) groups is 2. The quantitative estimate of drug-likeness (QED) is 0.540. The predicted molar refractivity (Wildman–Crippen MR) is 91.9 cm³/mol. The second-order valence-corrected chi connectivity index (χ2v) is 6.24. The number of rotatable bonds is 5. The maximum Gasteiger partial charge on any atom is 0.199 e. The Balaban J connectivity index is 1.85. The predicted octanol–water partition coefficient (Wildman–Crippen LogP) is 3.85. The van der Waals surface area contributed by atoms with E-state index < -0.39 is 11.6 Å². The number of Topliss-reactive ketones (excluding diaryl/α,β-unsaturated/α-hetero) is 1. The van der Waals surface area contributed by atoms with Crippen LogP contribution in [0.2, 0.25) is 10.0 Å². The first-order valence-electron chi connectivity index (χ1n) is 7.25. The third-order valence-corrected chi connectivity index (χ3v) is 4.23. The molecule has 8 heteroatoms. The Labute approximate surface area is 152 Å². The van der Waals surface area contributed by atoms with Crippen LogP contribution in [-0.2, 0) is 13.5 Å². The van der Waals surface area contributed by atoms with E-state index in [1.807, 2.05) is 0 Å². The minimum atomic E-state index is -0.887. The zero-order chi connectivity index (χ0) is 18.1. The number of benzene rings is 1. The summed E-state index contributed by atoms with van der Waals surface area (Å²) in [7, 11) is 1.75. The van der Waals surface area contributed by atoms with Gasteiger partial charge in [0.15, 0.2) is 17.4 Å². The molecule has 0 spiro atoms. The zero-order valence-corrected chi connectivity index (χ0v) is 14.5. The van der Waals surface area contributed by atoms with Crippen molar-refractivity contribution in [3.05, 3.63) is 75.0 Å². The number of aromatic amines is 1. The number of halogens is 3. The van der Waals surface area contributed by atoms with E-state index in [2.05, 4.69) is 10.1 Å². The average molecular weight is 380 g/mol. The number of aryl methyl sites for hydroxylation is 1. The summed E-state index contributed by atoms with van der Waals surface area (Å²) in [5, 5.41) is 3.89. The van der Waals surface area contributed by atoms with Gasteiger partial charge in [-0.3, -0.25) is 14.3 Å². The molecule has 2 heterocycles. The number of nitrogens with zero attached hydrogens (tertiary/aromatic N) is 2. The number of ketones is 2. The van der Waals surface area contributed by atoms with Gasteiger partial charge < -0.3 is 4.98 Å². The van der Waals surface area contributed by atoms with Gasteiger partial charge >= 0.3 is 0 Å². The summed E-state index contributed by atoms with van der Waals surface area (Å²) in [6.07, 6.45) is 3.15. The number of aromatic nitrogens is 3. The summed E-state index contributed by atoms with van der Waals surface area (Å²) in [4.78, 5) is 27.5. The van der Waals surface area contributed by atoms with Gasteiger partial charge in [0.1, 0.15) is 0 Å². The lowest BCUT2D eigenvalue weighted by molar-refractivity contribution is 0.0987. The van der Waals surface area contributed by atoms with Crippen LogP contribution in [0.5, 0.6) is 0 Å². The Kier molecular flexibility index (Phi) is 4.74. The summed E-state index contributed by atoms with van der Waals surface area (Å²) in [6.45, 7) is 0. The van der Waals surface area contributed by atoms with Crippen LogP contribution in [0.25, 0.3) is 0 Å². The molecule has 0 saturated carbocycles. The van der Waals surface area contributed by atoms with Crippen molar-refractivity contribution in [2.75, 3.05) is 0 Å². The van der Waals surface area contributed by atoms with Gasteiger partial charge in [-0.15, -0.1) is 0 Å². The first-order valence-corrected chi connectivity index (χ1v) is 8.00. The number of carbonyl (C=O) groups excluding carboxylic acids is 2. The minimum absolute atomic E-state index is 0.0468. The van der Waals surface area contributed by atoms with Crippen molar-refractivity contribution in [1.29, 1.82) is 0 Å². The van der Waals surface area contributed by atoms with E-state index in [9.17, 15) is 14.0 Å². The molecule has 2 aromatic heterocycles. The number of hydrogen-bond donors (Lipinski definition) is 1. The lowest BCUT2D eigenvalue weighted by Crippen LogP contribution is -2.06. The van der Waals surface area contributed by atoms with E-state index in [1.54, 1.807) is 24.0 Å². The van der Waals surface area contributed by atoms with Crippen LogP contribution in [0, 0.1) is 5.82 Å². The summed E-state index contributed by atoms with van der Waals surface area (Å²) < 4.78 is 15.7. The Morgan fingerprint density at radius 2 is 1.96 bits per heavy atom. The molecule has 0 unspecified atom stereocenters. The van der Waals surface area contributed by atoms with Crippen molar-refractivity contribution in [2.45, 2.75) is 6.42 Å². The van der Waals surface area contributed by atoms with Crippen LogP contribution < -0.4 is 0 Å². The Bertz CT molecular complexity index is 978. The molecule has 3 rings (SSSR count). The lowest BCUT2D eigenvalue weighted by atomic mass is 10.0. The first kappa shape index (κ1) is 17.4. The average Bonchev–Trinajstić information content (AvgIpc) is 3.20. The molecule has 25 heavy (non-hydrogen) atoms. The van der Waals surface area contributed by atoms with Gasteiger partial charge in [-0.25, -0.2) is 4.39 Å². The van der Waals surface area contributed by atoms with Crippen LogP contribution in [0.15, 0.2) is 36.7 Å². The molecule has 3 aromatic rings. The summed E-state index contributed by atoms with van der Waals surface area (Å²) in [5.74, 6) is -1.78. The summed E-state index contributed by atoms with van der Waals surface area (Å²) in [5.41, 5.74) is 0.635. The van der Waals surface area contributed by atoms with E-state index >= 15 is 0 Å². The fourth-order valence-corrected chi connectivity index (χ4v) is 2.77.